The van der Waals surface area contributed by atoms with E-state index in [1.54, 1.807) is 30.3 Å². The van der Waals surface area contributed by atoms with E-state index in [2.05, 4.69) is 15.9 Å². The summed E-state index contributed by atoms with van der Waals surface area (Å²) in [6, 6.07) is 12.9. The summed E-state index contributed by atoms with van der Waals surface area (Å²) in [4.78, 5) is 0.258. The van der Waals surface area contributed by atoms with E-state index in [-0.39, 0.29) is 41.7 Å². The van der Waals surface area contributed by atoms with Crippen molar-refractivity contribution in [3.8, 4) is 5.75 Å². The van der Waals surface area contributed by atoms with Crippen molar-refractivity contribution in [1.29, 1.82) is 0 Å². The molecule has 1 aliphatic heterocycles. The fourth-order valence-corrected chi connectivity index (χ4v) is 6.50. The molecular formula is C17H19BrN2O5S2. The van der Waals surface area contributed by atoms with Crippen LogP contribution in [-0.4, -0.2) is 58.7 Å². The Bertz CT molecular complexity index is 1030. The van der Waals surface area contributed by atoms with Crippen LogP contribution >= 0.6 is 15.9 Å². The monoisotopic (exact) mass is 474 g/mol. The lowest BCUT2D eigenvalue weighted by molar-refractivity contribution is 0.272. The van der Waals surface area contributed by atoms with Gasteiger partial charge in [0, 0.05) is 30.7 Å². The van der Waals surface area contributed by atoms with Crippen molar-refractivity contribution in [3.63, 3.8) is 0 Å². The van der Waals surface area contributed by atoms with Gasteiger partial charge in [0.25, 0.3) is 0 Å². The number of hydrogen-bond acceptors (Lipinski definition) is 5. The zero-order chi connectivity index (χ0) is 19.7. The second-order valence-electron chi connectivity index (χ2n) is 5.92. The summed E-state index contributed by atoms with van der Waals surface area (Å²) in [6.07, 6.45) is 0. The van der Waals surface area contributed by atoms with Crippen molar-refractivity contribution in [1.82, 2.24) is 8.61 Å². The minimum atomic E-state index is -3.77. The van der Waals surface area contributed by atoms with Crippen molar-refractivity contribution < 1.29 is 21.6 Å². The Morgan fingerprint density at radius 1 is 0.852 bits per heavy atom. The molecule has 27 heavy (non-hydrogen) atoms. The van der Waals surface area contributed by atoms with Gasteiger partial charge in [-0.3, -0.25) is 0 Å². The topological polar surface area (TPSA) is 84.0 Å². The van der Waals surface area contributed by atoms with Crippen LogP contribution in [0, 0.1) is 0 Å². The Hall–Kier alpha value is -1.46. The number of benzene rings is 2. The maximum absolute atomic E-state index is 12.9. The molecular weight excluding hydrogens is 456 g/mol. The highest BCUT2D eigenvalue weighted by Gasteiger charge is 2.34. The van der Waals surface area contributed by atoms with Crippen LogP contribution in [-0.2, 0) is 20.0 Å². The smallest absolute Gasteiger partial charge is 0.246 e. The first-order valence-corrected chi connectivity index (χ1v) is 11.8. The van der Waals surface area contributed by atoms with Crippen LogP contribution in [0.25, 0.3) is 0 Å². The van der Waals surface area contributed by atoms with Gasteiger partial charge in [-0.05, 0) is 30.3 Å². The number of para-hydroxylation sites is 1. The second kappa shape index (κ2) is 7.88. The van der Waals surface area contributed by atoms with Crippen molar-refractivity contribution in [2.75, 3.05) is 33.3 Å². The molecule has 0 N–H and O–H groups in total. The third-order valence-electron chi connectivity index (χ3n) is 4.32. The lowest BCUT2D eigenvalue weighted by Crippen LogP contribution is -2.50. The van der Waals surface area contributed by atoms with Crippen LogP contribution < -0.4 is 4.74 Å². The number of ether oxygens (including phenoxy) is 1. The number of methoxy groups -OCH3 is 1. The number of rotatable bonds is 5. The summed E-state index contributed by atoms with van der Waals surface area (Å²) in [5, 5.41) is 0. The van der Waals surface area contributed by atoms with Gasteiger partial charge < -0.3 is 4.74 Å². The van der Waals surface area contributed by atoms with E-state index in [1.807, 2.05) is 0 Å². The Labute approximate surface area is 167 Å². The zero-order valence-electron chi connectivity index (χ0n) is 14.6. The molecule has 7 nitrogen and oxygen atoms in total. The van der Waals surface area contributed by atoms with Crippen molar-refractivity contribution in [2.24, 2.45) is 0 Å². The molecule has 0 saturated carbocycles. The maximum atomic E-state index is 12.9. The predicted octanol–water partition coefficient (Wildman–Crippen LogP) is 2.15. The molecule has 0 aliphatic carbocycles. The average molecular weight is 475 g/mol. The van der Waals surface area contributed by atoms with Crippen molar-refractivity contribution >= 4 is 36.0 Å². The van der Waals surface area contributed by atoms with Crippen LogP contribution in [0.1, 0.15) is 0 Å². The fourth-order valence-electron chi connectivity index (χ4n) is 2.90. The van der Waals surface area contributed by atoms with Gasteiger partial charge in [-0.2, -0.15) is 8.61 Å². The first kappa shape index (κ1) is 20.3. The van der Waals surface area contributed by atoms with Crippen LogP contribution in [0.2, 0.25) is 0 Å². The Kier molecular flexibility index (Phi) is 5.92. The van der Waals surface area contributed by atoms with Crippen LogP contribution in [0.3, 0.4) is 0 Å². The van der Waals surface area contributed by atoms with E-state index in [0.717, 1.165) is 0 Å². The second-order valence-corrected chi connectivity index (χ2v) is 10.7. The van der Waals surface area contributed by atoms with Gasteiger partial charge >= 0.3 is 0 Å². The van der Waals surface area contributed by atoms with Crippen LogP contribution in [0.15, 0.2) is 62.8 Å². The van der Waals surface area contributed by atoms with Gasteiger partial charge in [0.1, 0.15) is 10.6 Å². The molecule has 2 aromatic rings. The highest BCUT2D eigenvalue weighted by atomic mass is 79.9. The van der Waals surface area contributed by atoms with Gasteiger partial charge in [-0.15, -0.1) is 0 Å². The number of hydrogen-bond donors (Lipinski definition) is 0. The molecule has 0 radical (unpaired) electrons. The summed E-state index contributed by atoms with van der Waals surface area (Å²) in [5.74, 6) is 0.265. The van der Waals surface area contributed by atoms with Crippen LogP contribution in [0.4, 0.5) is 0 Å². The Morgan fingerprint density at radius 3 is 2.04 bits per heavy atom. The van der Waals surface area contributed by atoms with E-state index < -0.39 is 20.0 Å². The minimum absolute atomic E-state index is 0.0770. The molecule has 0 unspecified atom stereocenters. The zero-order valence-corrected chi connectivity index (χ0v) is 17.8. The quantitative estimate of drug-likeness (QED) is 0.662. The number of piperazine rings is 1. The van der Waals surface area contributed by atoms with Gasteiger partial charge in [0.2, 0.25) is 20.0 Å². The van der Waals surface area contributed by atoms with E-state index in [4.69, 9.17) is 4.74 Å². The Morgan fingerprint density at radius 2 is 1.44 bits per heavy atom. The van der Waals surface area contributed by atoms with E-state index in [1.165, 1.54) is 33.9 Å². The number of nitrogens with zero attached hydrogens (tertiary/aromatic N) is 2. The van der Waals surface area contributed by atoms with E-state index in [9.17, 15) is 16.8 Å². The summed E-state index contributed by atoms with van der Waals surface area (Å²) in [6.45, 7) is 0.327. The molecule has 146 valence electrons. The standard InChI is InChI=1S/C17H19BrN2O5S2/c1-25-16-7-2-3-8-17(16)27(23,24)20-11-9-19(10-12-20)26(21,22)15-6-4-5-14(18)13-15/h2-8,13H,9-12H2,1H3. The van der Waals surface area contributed by atoms with Crippen molar-refractivity contribution in [2.45, 2.75) is 9.79 Å². The molecule has 0 bridgehead atoms. The molecule has 1 aliphatic rings. The van der Waals surface area contributed by atoms with Crippen molar-refractivity contribution in [3.05, 3.63) is 53.0 Å². The molecule has 2 aromatic carbocycles. The summed E-state index contributed by atoms with van der Waals surface area (Å²) < 4.78 is 59.8. The average Bonchev–Trinajstić information content (AvgIpc) is 2.68. The minimum Gasteiger partial charge on any atom is -0.495 e. The molecule has 10 heteroatoms. The highest BCUT2D eigenvalue weighted by Crippen LogP contribution is 2.28. The largest absolute Gasteiger partial charge is 0.495 e. The van der Waals surface area contributed by atoms with E-state index in [0.29, 0.717) is 4.47 Å². The highest BCUT2D eigenvalue weighted by molar-refractivity contribution is 9.10. The SMILES string of the molecule is COc1ccccc1S(=O)(=O)N1CCN(S(=O)(=O)c2cccc(Br)c2)CC1. The molecule has 1 fully saturated rings. The van der Waals surface area contributed by atoms with Gasteiger partial charge in [0.05, 0.1) is 12.0 Å². The molecule has 0 amide bonds. The maximum Gasteiger partial charge on any atom is 0.246 e. The van der Waals surface area contributed by atoms with Gasteiger partial charge in [-0.1, -0.05) is 34.1 Å². The first-order chi connectivity index (χ1) is 12.8. The summed E-state index contributed by atoms with van der Waals surface area (Å²) in [7, 11) is -6.03. The predicted molar refractivity (Wildman–Crippen MR) is 105 cm³/mol. The number of halogens is 1. The molecule has 1 heterocycles. The summed E-state index contributed by atoms with van der Waals surface area (Å²) >= 11 is 3.27. The molecule has 3 rings (SSSR count). The third kappa shape index (κ3) is 4.04. The lowest BCUT2D eigenvalue weighted by atomic mass is 10.3. The number of sulfonamides is 2. The van der Waals surface area contributed by atoms with E-state index >= 15 is 0 Å². The lowest BCUT2D eigenvalue weighted by Gasteiger charge is -2.33. The normalized spacial score (nSPS) is 17.0. The molecule has 0 aromatic heterocycles. The first-order valence-electron chi connectivity index (χ1n) is 8.16. The molecule has 1 saturated heterocycles. The molecule has 0 spiro atoms. The fraction of sp³-hybridized carbons (Fsp3) is 0.294. The molecule has 0 atom stereocenters. The Balaban J connectivity index is 1.79. The van der Waals surface area contributed by atoms with Crippen LogP contribution in [0.5, 0.6) is 5.75 Å². The summed E-state index contributed by atoms with van der Waals surface area (Å²) in [5.41, 5.74) is 0. The van der Waals surface area contributed by atoms with Gasteiger partial charge in [0.15, 0.2) is 0 Å². The van der Waals surface area contributed by atoms with Gasteiger partial charge in [-0.25, -0.2) is 16.8 Å². The third-order valence-corrected chi connectivity index (χ3v) is 8.64.